The number of hydroxylamine groups is 1. The predicted molar refractivity (Wildman–Crippen MR) is 202 cm³/mol. The molecular weight excluding hydrogens is 812 g/mol. The van der Waals surface area contributed by atoms with Gasteiger partial charge in [-0.1, -0.05) is 90.4 Å². The molecule has 51 heavy (non-hydrogen) atoms. The fraction of sp³-hybridized carbons (Fsp3) is 0.0682. The smallest absolute Gasteiger partial charge is 0.145 e. The van der Waals surface area contributed by atoms with Crippen molar-refractivity contribution in [3.8, 4) is 39.6 Å². The second-order valence-electron chi connectivity index (χ2n) is 12.6. The Balaban J connectivity index is 0.00000374. The molecule has 0 radical (unpaired) electrons. The molecule has 3 heterocycles. The second kappa shape index (κ2) is 13.6. The average molecular weight is 845 g/mol. The molecule has 252 valence electrons. The van der Waals surface area contributed by atoms with Crippen LogP contribution >= 0.6 is 0 Å². The first-order valence-electron chi connectivity index (χ1n) is 16.8. The SMILES string of the molecule is CC(C)N1[OH+]N(c2[c-]c(Oc3[c-]c4c(cc3)c3ccccc3n4-c3cc(-c4ccccc4-c4ccccc4)ccn3)ccc2)c2ccccc21.[Pt]. The molecule has 0 bridgehead atoms. The van der Waals surface area contributed by atoms with Gasteiger partial charge in [-0.25, -0.2) is 4.98 Å². The maximum absolute atomic E-state index is 6.47. The number of rotatable bonds is 7. The van der Waals surface area contributed by atoms with Crippen molar-refractivity contribution in [2.45, 2.75) is 19.9 Å². The van der Waals surface area contributed by atoms with E-state index in [1.54, 1.807) is 0 Å². The molecule has 0 fully saturated rings. The van der Waals surface area contributed by atoms with E-state index < -0.39 is 0 Å². The Hall–Kier alpha value is -5.68. The third-order valence-electron chi connectivity index (χ3n) is 9.09. The van der Waals surface area contributed by atoms with Crippen LogP contribution in [0.5, 0.6) is 11.5 Å². The van der Waals surface area contributed by atoms with E-state index in [-0.39, 0.29) is 27.1 Å². The minimum absolute atomic E-state index is 0. The number of nitrogens with zero attached hydrogens (tertiary/aromatic N) is 4. The molecule has 6 nitrogen and oxygen atoms in total. The monoisotopic (exact) mass is 844 g/mol. The molecule has 0 unspecified atom stereocenters. The van der Waals surface area contributed by atoms with Crippen molar-refractivity contribution in [3.05, 3.63) is 164 Å². The van der Waals surface area contributed by atoms with Crippen LogP contribution in [0.3, 0.4) is 0 Å². The van der Waals surface area contributed by atoms with E-state index in [4.69, 9.17) is 14.7 Å². The van der Waals surface area contributed by atoms with Crippen LogP contribution in [0.1, 0.15) is 13.8 Å². The van der Waals surface area contributed by atoms with Crippen LogP contribution in [-0.4, -0.2) is 20.5 Å². The van der Waals surface area contributed by atoms with E-state index >= 15 is 0 Å². The zero-order chi connectivity index (χ0) is 33.6. The van der Waals surface area contributed by atoms with Crippen molar-refractivity contribution in [2.75, 3.05) is 10.1 Å². The van der Waals surface area contributed by atoms with E-state index in [0.717, 1.165) is 55.8 Å². The molecule has 7 heteroatoms. The van der Waals surface area contributed by atoms with Gasteiger partial charge >= 0.3 is 0 Å². The summed E-state index contributed by atoms with van der Waals surface area (Å²) in [4.78, 5) is 9.79. The summed E-state index contributed by atoms with van der Waals surface area (Å²) < 4.78 is 8.64. The quantitative estimate of drug-likeness (QED) is 0.118. The van der Waals surface area contributed by atoms with Gasteiger partial charge in [-0.2, -0.15) is 17.1 Å². The van der Waals surface area contributed by atoms with Gasteiger partial charge in [-0.05, 0) is 71.8 Å². The first-order valence-corrected chi connectivity index (χ1v) is 16.8. The molecule has 0 saturated carbocycles. The van der Waals surface area contributed by atoms with Gasteiger partial charge in [0.15, 0.2) is 0 Å². The summed E-state index contributed by atoms with van der Waals surface area (Å²) in [5.74, 6) is 1.97. The Morgan fingerprint density at radius 3 is 2.16 bits per heavy atom. The third kappa shape index (κ3) is 5.87. The van der Waals surface area contributed by atoms with Crippen LogP contribution < -0.4 is 14.9 Å². The third-order valence-corrected chi connectivity index (χ3v) is 9.09. The number of aromatic nitrogens is 2. The van der Waals surface area contributed by atoms with Crippen molar-refractivity contribution in [1.29, 1.82) is 0 Å². The molecule has 1 aliphatic rings. The van der Waals surface area contributed by atoms with E-state index in [1.807, 2.05) is 58.8 Å². The first kappa shape index (κ1) is 32.5. The van der Waals surface area contributed by atoms with Gasteiger partial charge in [0.1, 0.15) is 17.2 Å². The Morgan fingerprint density at radius 2 is 1.33 bits per heavy atom. The number of anilines is 3. The normalized spacial score (nSPS) is 12.4. The van der Waals surface area contributed by atoms with E-state index in [1.165, 1.54) is 11.1 Å². The molecule has 0 amide bonds. The Bertz CT molecular complexity index is 2510. The van der Waals surface area contributed by atoms with Gasteiger partial charge in [0.25, 0.3) is 0 Å². The molecule has 8 aromatic rings. The predicted octanol–water partition coefficient (Wildman–Crippen LogP) is 11.1. The molecule has 6 aromatic carbocycles. The van der Waals surface area contributed by atoms with E-state index in [9.17, 15) is 0 Å². The standard InChI is InChI=1S/C44H32N4O2.Pt/c1-30(2)47-41-21-10-11-22-42(41)48(50-47)33-15-12-16-34(28-33)49-35-23-24-39-38-19-8-9-20-40(38)46(43(39)29-35)44-27-32(25-26-45-44)37-18-7-6-17-36(37)31-13-4-3-5-14-31;/h3-27,30H,1-2H3;/q-2;/p+1. The van der Waals surface area contributed by atoms with Crippen LogP contribution in [0, 0.1) is 12.1 Å². The molecular formula is C44H33N4O2Pt-. The topological polar surface area (TPSA) is 46.3 Å². The van der Waals surface area contributed by atoms with Gasteiger partial charge < -0.3 is 9.30 Å². The summed E-state index contributed by atoms with van der Waals surface area (Å²) in [7, 11) is 0. The van der Waals surface area contributed by atoms with Crippen molar-refractivity contribution < 1.29 is 30.7 Å². The molecule has 2 aromatic heterocycles. The number of para-hydroxylation sites is 3. The molecule has 0 spiro atoms. The van der Waals surface area contributed by atoms with Gasteiger partial charge in [0.05, 0.1) is 6.04 Å². The number of benzene rings is 6. The summed E-state index contributed by atoms with van der Waals surface area (Å²) in [5.41, 5.74) is 9.39. The van der Waals surface area contributed by atoms with E-state index in [2.05, 4.69) is 134 Å². The van der Waals surface area contributed by atoms with Gasteiger partial charge in [-0.15, -0.1) is 45.8 Å². The summed E-state index contributed by atoms with van der Waals surface area (Å²) in [6.07, 6.45) is 1.88. The average Bonchev–Trinajstić information content (AvgIpc) is 3.72. The number of ether oxygens (including phenoxy) is 1. The molecule has 0 atom stereocenters. The summed E-state index contributed by atoms with van der Waals surface area (Å²) in [6.45, 7) is 4.27. The molecule has 1 N–H and O–H groups in total. The van der Waals surface area contributed by atoms with Gasteiger partial charge in [-0.3, -0.25) is 0 Å². The number of hydrogen-bond donors (Lipinski definition) is 0. The minimum Gasteiger partial charge on any atom is -0.509 e. The minimum atomic E-state index is 0. The summed E-state index contributed by atoms with van der Waals surface area (Å²) >= 11 is 0. The molecule has 0 saturated heterocycles. The maximum atomic E-state index is 6.47. The maximum Gasteiger partial charge on any atom is 0.145 e. The fourth-order valence-electron chi connectivity index (χ4n) is 6.81. The second-order valence-corrected chi connectivity index (χ2v) is 12.6. The first-order chi connectivity index (χ1) is 24.6. The number of fused-ring (bicyclic) bond motifs is 4. The van der Waals surface area contributed by atoms with Crippen LogP contribution in [-0.2, 0) is 21.1 Å². The summed E-state index contributed by atoms with van der Waals surface area (Å²) in [5, 5.41) is 6.14. The van der Waals surface area contributed by atoms with Gasteiger partial charge in [0.2, 0.25) is 0 Å². The van der Waals surface area contributed by atoms with Crippen molar-refractivity contribution in [1.82, 2.24) is 9.55 Å². The summed E-state index contributed by atoms with van der Waals surface area (Å²) in [6, 6.07) is 57.1. The van der Waals surface area contributed by atoms with Crippen LogP contribution in [0.25, 0.3) is 49.9 Å². The zero-order valence-electron chi connectivity index (χ0n) is 28.0. The molecule has 0 aliphatic carbocycles. The Kier molecular flexibility index (Phi) is 8.64. The molecule has 1 aliphatic heterocycles. The number of pyridine rings is 1. The van der Waals surface area contributed by atoms with Crippen LogP contribution in [0.4, 0.5) is 17.1 Å². The van der Waals surface area contributed by atoms with Crippen LogP contribution in [0.15, 0.2) is 152 Å². The fourth-order valence-corrected chi connectivity index (χ4v) is 6.81. The zero-order valence-corrected chi connectivity index (χ0v) is 30.2. The van der Waals surface area contributed by atoms with E-state index in [0.29, 0.717) is 11.5 Å². The number of hydrogen-bond acceptors (Lipinski definition) is 4. The Labute approximate surface area is 311 Å². The van der Waals surface area contributed by atoms with Crippen molar-refractivity contribution >= 4 is 38.9 Å². The van der Waals surface area contributed by atoms with Crippen LogP contribution in [0.2, 0.25) is 0 Å². The van der Waals surface area contributed by atoms with Crippen molar-refractivity contribution in [2.24, 2.45) is 0 Å². The Morgan fingerprint density at radius 1 is 0.627 bits per heavy atom. The largest absolute Gasteiger partial charge is 0.509 e. The van der Waals surface area contributed by atoms with Gasteiger partial charge in [0, 0.05) is 50.0 Å². The van der Waals surface area contributed by atoms with Crippen molar-refractivity contribution in [3.63, 3.8) is 0 Å². The molecule has 9 rings (SSSR count).